The number of hydrogen-bond acceptors (Lipinski definition) is 3. The summed E-state index contributed by atoms with van der Waals surface area (Å²) in [5.41, 5.74) is 4.84. The normalized spacial score (nSPS) is 11.8. The third kappa shape index (κ3) is 4.10. The Balaban J connectivity index is 1.39. The summed E-state index contributed by atoms with van der Waals surface area (Å²) in [4.78, 5) is 16.5. The van der Waals surface area contributed by atoms with Crippen LogP contribution in [0.15, 0.2) is 88.8 Å². The molecule has 0 aliphatic rings. The molecular weight excluding hydrogens is 446 g/mol. The number of para-hydroxylation sites is 1. The summed E-state index contributed by atoms with van der Waals surface area (Å²) in [5.74, 6) is -0.189. The fraction of sp³-hybridized carbons (Fsp3) is 0.148. The van der Waals surface area contributed by atoms with E-state index in [2.05, 4.69) is 22.4 Å². The second kappa shape index (κ2) is 8.50. The minimum atomic E-state index is -3.73. The van der Waals surface area contributed by atoms with E-state index in [9.17, 15) is 13.2 Å². The summed E-state index contributed by atoms with van der Waals surface area (Å²) in [7, 11) is -3.73. The van der Waals surface area contributed by atoms with E-state index < -0.39 is 9.84 Å². The SMILES string of the molecule is Cc1ccc(S(=O)(=O)c2cn(CC(=O)NCc3ccc4[nH]c(C)cc4c3)c3ccccc23)cc1. The molecule has 2 heterocycles. The molecule has 0 atom stereocenters. The molecule has 0 saturated carbocycles. The van der Waals surface area contributed by atoms with Crippen molar-refractivity contribution in [2.45, 2.75) is 36.7 Å². The Hall–Kier alpha value is -3.84. The molecule has 5 rings (SSSR count). The predicted molar refractivity (Wildman–Crippen MR) is 133 cm³/mol. The van der Waals surface area contributed by atoms with Gasteiger partial charge in [0.05, 0.1) is 9.79 Å². The average Bonchev–Trinajstić information content (AvgIpc) is 3.38. The number of carbonyl (C=O) groups is 1. The Morgan fingerprint density at radius 3 is 2.53 bits per heavy atom. The van der Waals surface area contributed by atoms with Crippen LogP contribution in [0.2, 0.25) is 0 Å². The Morgan fingerprint density at radius 1 is 0.971 bits per heavy atom. The van der Waals surface area contributed by atoms with Gasteiger partial charge in [0.1, 0.15) is 6.54 Å². The first kappa shape index (κ1) is 22.0. The number of benzene rings is 3. The number of aromatic amines is 1. The van der Waals surface area contributed by atoms with E-state index in [1.54, 1.807) is 47.2 Å². The molecule has 0 fully saturated rings. The molecule has 2 aromatic heterocycles. The Morgan fingerprint density at radius 2 is 1.74 bits per heavy atom. The highest BCUT2D eigenvalue weighted by Crippen LogP contribution is 2.30. The van der Waals surface area contributed by atoms with Crippen LogP contribution in [0.25, 0.3) is 21.8 Å². The van der Waals surface area contributed by atoms with Gasteiger partial charge < -0.3 is 14.9 Å². The molecule has 3 aromatic carbocycles. The van der Waals surface area contributed by atoms with Crippen LogP contribution in [0.1, 0.15) is 16.8 Å². The maximum Gasteiger partial charge on any atom is 0.240 e. The molecule has 1 amide bonds. The van der Waals surface area contributed by atoms with Crippen molar-refractivity contribution in [1.29, 1.82) is 0 Å². The molecule has 7 heteroatoms. The Labute approximate surface area is 198 Å². The molecule has 34 heavy (non-hydrogen) atoms. The number of nitrogens with zero attached hydrogens (tertiary/aromatic N) is 1. The molecule has 0 aliphatic heterocycles. The van der Waals surface area contributed by atoms with Gasteiger partial charge in [-0.15, -0.1) is 0 Å². The van der Waals surface area contributed by atoms with E-state index in [1.807, 2.05) is 38.1 Å². The van der Waals surface area contributed by atoms with Gasteiger partial charge in [-0.3, -0.25) is 4.79 Å². The maximum atomic E-state index is 13.4. The molecule has 5 aromatic rings. The number of rotatable bonds is 6. The van der Waals surface area contributed by atoms with E-state index in [4.69, 9.17) is 0 Å². The summed E-state index contributed by atoms with van der Waals surface area (Å²) < 4.78 is 28.4. The van der Waals surface area contributed by atoms with Gasteiger partial charge in [0, 0.05) is 34.9 Å². The van der Waals surface area contributed by atoms with Gasteiger partial charge in [-0.2, -0.15) is 0 Å². The first-order chi connectivity index (χ1) is 16.3. The second-order valence-electron chi connectivity index (χ2n) is 8.61. The van der Waals surface area contributed by atoms with E-state index in [0.29, 0.717) is 17.4 Å². The van der Waals surface area contributed by atoms with Gasteiger partial charge in [0.2, 0.25) is 15.7 Å². The number of fused-ring (bicyclic) bond motifs is 2. The third-order valence-corrected chi connectivity index (χ3v) is 7.79. The van der Waals surface area contributed by atoms with E-state index in [-0.39, 0.29) is 22.2 Å². The van der Waals surface area contributed by atoms with Crippen LogP contribution in [-0.2, 0) is 27.7 Å². The Bertz CT molecular complexity index is 1630. The Kier molecular flexibility index (Phi) is 5.49. The van der Waals surface area contributed by atoms with Crippen molar-refractivity contribution in [2.75, 3.05) is 0 Å². The van der Waals surface area contributed by atoms with Crippen molar-refractivity contribution >= 4 is 37.6 Å². The number of nitrogens with one attached hydrogen (secondary N) is 2. The molecule has 0 radical (unpaired) electrons. The number of aryl methyl sites for hydroxylation is 2. The van der Waals surface area contributed by atoms with Gasteiger partial charge in [-0.25, -0.2) is 8.42 Å². The minimum Gasteiger partial charge on any atom is -0.359 e. The zero-order valence-electron chi connectivity index (χ0n) is 19.0. The highest BCUT2D eigenvalue weighted by molar-refractivity contribution is 7.91. The lowest BCUT2D eigenvalue weighted by Crippen LogP contribution is -2.26. The zero-order chi connectivity index (χ0) is 23.9. The molecule has 0 bridgehead atoms. The van der Waals surface area contributed by atoms with Gasteiger partial charge in [-0.1, -0.05) is 42.0 Å². The quantitative estimate of drug-likeness (QED) is 0.370. The molecule has 6 nitrogen and oxygen atoms in total. The molecule has 0 unspecified atom stereocenters. The van der Waals surface area contributed by atoms with Crippen molar-refractivity contribution in [3.8, 4) is 0 Å². The van der Waals surface area contributed by atoms with Gasteiger partial charge in [0.15, 0.2) is 0 Å². The smallest absolute Gasteiger partial charge is 0.240 e. The third-order valence-electron chi connectivity index (χ3n) is 6.00. The highest BCUT2D eigenvalue weighted by atomic mass is 32.2. The van der Waals surface area contributed by atoms with Crippen LogP contribution in [0.4, 0.5) is 0 Å². The number of aromatic nitrogens is 2. The summed E-state index contributed by atoms with van der Waals surface area (Å²) in [5, 5.41) is 4.65. The largest absolute Gasteiger partial charge is 0.359 e. The monoisotopic (exact) mass is 471 g/mol. The summed E-state index contributed by atoms with van der Waals surface area (Å²) in [6.45, 7) is 4.34. The summed E-state index contributed by atoms with van der Waals surface area (Å²) in [6, 6.07) is 22.2. The van der Waals surface area contributed by atoms with Gasteiger partial charge >= 0.3 is 0 Å². The lowest BCUT2D eigenvalue weighted by atomic mass is 10.1. The standard InChI is InChI=1S/C27H25N3O3S/c1-18-7-10-22(11-8-18)34(32,33)26-16-30(25-6-4-3-5-23(25)26)17-27(31)28-15-20-9-12-24-21(14-20)13-19(2)29-24/h3-14,16,29H,15,17H2,1-2H3,(H,28,31). The first-order valence-corrected chi connectivity index (χ1v) is 12.5. The van der Waals surface area contributed by atoms with Crippen molar-refractivity contribution in [2.24, 2.45) is 0 Å². The number of carbonyl (C=O) groups excluding carboxylic acids is 1. The average molecular weight is 472 g/mol. The molecule has 0 aliphatic carbocycles. The van der Waals surface area contributed by atoms with Crippen LogP contribution >= 0.6 is 0 Å². The number of hydrogen-bond donors (Lipinski definition) is 2. The summed E-state index contributed by atoms with van der Waals surface area (Å²) >= 11 is 0. The van der Waals surface area contributed by atoms with Crippen molar-refractivity contribution in [1.82, 2.24) is 14.9 Å². The van der Waals surface area contributed by atoms with Crippen molar-refractivity contribution in [3.05, 3.63) is 95.8 Å². The fourth-order valence-corrected chi connectivity index (χ4v) is 5.73. The molecule has 172 valence electrons. The topological polar surface area (TPSA) is 84.0 Å². The maximum absolute atomic E-state index is 13.4. The van der Waals surface area contributed by atoms with Crippen LogP contribution in [0, 0.1) is 13.8 Å². The number of H-pyrrole nitrogens is 1. The van der Waals surface area contributed by atoms with Crippen molar-refractivity contribution in [3.63, 3.8) is 0 Å². The van der Waals surface area contributed by atoms with E-state index in [1.165, 1.54) is 0 Å². The highest BCUT2D eigenvalue weighted by Gasteiger charge is 2.23. The number of amides is 1. The van der Waals surface area contributed by atoms with Gasteiger partial charge in [-0.05, 0) is 61.2 Å². The van der Waals surface area contributed by atoms with E-state index in [0.717, 1.165) is 27.7 Å². The van der Waals surface area contributed by atoms with Crippen LogP contribution in [0.5, 0.6) is 0 Å². The van der Waals surface area contributed by atoms with Crippen LogP contribution in [0.3, 0.4) is 0 Å². The van der Waals surface area contributed by atoms with Crippen LogP contribution < -0.4 is 5.32 Å². The lowest BCUT2D eigenvalue weighted by molar-refractivity contribution is -0.121. The molecule has 2 N–H and O–H groups in total. The molecular formula is C27H25N3O3S. The van der Waals surface area contributed by atoms with Crippen molar-refractivity contribution < 1.29 is 13.2 Å². The first-order valence-electron chi connectivity index (χ1n) is 11.1. The second-order valence-corrected chi connectivity index (χ2v) is 10.5. The molecule has 0 saturated heterocycles. The number of sulfone groups is 1. The molecule has 0 spiro atoms. The lowest BCUT2D eigenvalue weighted by Gasteiger charge is -2.08. The zero-order valence-corrected chi connectivity index (χ0v) is 19.8. The minimum absolute atomic E-state index is 0.0233. The van der Waals surface area contributed by atoms with E-state index >= 15 is 0 Å². The van der Waals surface area contributed by atoms with Crippen LogP contribution in [-0.4, -0.2) is 23.9 Å². The van der Waals surface area contributed by atoms with Gasteiger partial charge in [0.25, 0.3) is 0 Å². The summed E-state index contributed by atoms with van der Waals surface area (Å²) in [6.07, 6.45) is 1.56. The predicted octanol–water partition coefficient (Wildman–Crippen LogP) is 4.89. The fourth-order valence-electron chi connectivity index (χ4n) is 4.25.